The van der Waals surface area contributed by atoms with E-state index in [1.807, 2.05) is 11.8 Å². The number of hydrogen-bond donors (Lipinski definition) is 0. The minimum Gasteiger partial charge on any atom is -0.126 e. The van der Waals surface area contributed by atoms with Crippen molar-refractivity contribution in [2.45, 2.75) is 48.8 Å². The number of rotatable bonds is 6. The Hall–Kier alpha value is -0.140. The zero-order valence-electron chi connectivity index (χ0n) is 10.3. The molecular formula is C15H21ClS. The minimum atomic E-state index is 0.425. The van der Waals surface area contributed by atoms with E-state index in [2.05, 4.69) is 30.3 Å². The predicted octanol–water partition coefficient (Wildman–Crippen LogP) is 5.36. The van der Waals surface area contributed by atoms with Gasteiger partial charge in [-0.2, -0.15) is 0 Å². The molecule has 1 saturated carbocycles. The summed E-state index contributed by atoms with van der Waals surface area (Å²) in [7, 11) is 0. The van der Waals surface area contributed by atoms with Gasteiger partial charge in [0.2, 0.25) is 0 Å². The predicted molar refractivity (Wildman–Crippen MR) is 78.0 cm³/mol. The van der Waals surface area contributed by atoms with Gasteiger partial charge in [-0.3, -0.25) is 0 Å². The molecule has 0 spiro atoms. The molecule has 0 aromatic heterocycles. The number of thioether (sulfide) groups is 1. The van der Waals surface area contributed by atoms with Crippen LogP contribution < -0.4 is 0 Å². The summed E-state index contributed by atoms with van der Waals surface area (Å²) in [4.78, 5) is 1.37. The van der Waals surface area contributed by atoms with Gasteiger partial charge < -0.3 is 0 Å². The maximum absolute atomic E-state index is 6.46. The minimum absolute atomic E-state index is 0.425. The van der Waals surface area contributed by atoms with E-state index < -0.39 is 0 Å². The van der Waals surface area contributed by atoms with Gasteiger partial charge in [-0.05, 0) is 49.5 Å². The molecule has 2 rings (SSSR count). The number of hydrogen-bond acceptors (Lipinski definition) is 1. The van der Waals surface area contributed by atoms with Gasteiger partial charge >= 0.3 is 0 Å². The number of benzene rings is 1. The molecule has 1 fully saturated rings. The Balaban J connectivity index is 1.59. The first-order valence-electron chi connectivity index (χ1n) is 6.68. The van der Waals surface area contributed by atoms with Crippen LogP contribution >= 0.6 is 23.4 Å². The van der Waals surface area contributed by atoms with Gasteiger partial charge in [0.1, 0.15) is 0 Å². The second-order valence-electron chi connectivity index (χ2n) is 4.86. The standard InChI is InChI=1S/C15H21ClS/c16-15(13-7-4-5-8-13)11-6-12-17-14-9-2-1-3-10-14/h1-3,9-10,13,15H,4-8,11-12H2. The van der Waals surface area contributed by atoms with E-state index in [-0.39, 0.29) is 0 Å². The summed E-state index contributed by atoms with van der Waals surface area (Å²) in [6.07, 6.45) is 7.94. The Labute approximate surface area is 114 Å². The van der Waals surface area contributed by atoms with Crippen LogP contribution in [0, 0.1) is 5.92 Å². The first kappa shape index (κ1) is 13.3. The van der Waals surface area contributed by atoms with Crippen molar-refractivity contribution in [1.29, 1.82) is 0 Å². The van der Waals surface area contributed by atoms with E-state index in [9.17, 15) is 0 Å². The lowest BCUT2D eigenvalue weighted by Gasteiger charge is -2.16. The lowest BCUT2D eigenvalue weighted by Crippen LogP contribution is -2.11. The Morgan fingerprint density at radius 1 is 1.18 bits per heavy atom. The second kappa shape index (κ2) is 7.33. The summed E-state index contributed by atoms with van der Waals surface area (Å²) in [6.45, 7) is 0. The Morgan fingerprint density at radius 2 is 1.88 bits per heavy atom. The zero-order chi connectivity index (χ0) is 11.9. The molecule has 0 saturated heterocycles. The highest BCUT2D eigenvalue weighted by atomic mass is 35.5. The Kier molecular flexibility index (Phi) is 5.73. The second-order valence-corrected chi connectivity index (χ2v) is 6.59. The van der Waals surface area contributed by atoms with Crippen molar-refractivity contribution in [3.63, 3.8) is 0 Å². The van der Waals surface area contributed by atoms with Crippen LogP contribution in [0.1, 0.15) is 38.5 Å². The molecule has 0 bridgehead atoms. The van der Waals surface area contributed by atoms with Gasteiger partial charge in [0.05, 0.1) is 0 Å². The molecule has 0 N–H and O–H groups in total. The summed E-state index contributed by atoms with van der Waals surface area (Å²) in [5, 5.41) is 0.425. The molecule has 0 nitrogen and oxygen atoms in total. The van der Waals surface area contributed by atoms with Crippen LogP contribution in [0.15, 0.2) is 35.2 Å². The van der Waals surface area contributed by atoms with E-state index in [1.54, 1.807) is 0 Å². The van der Waals surface area contributed by atoms with Gasteiger partial charge in [-0.1, -0.05) is 31.0 Å². The van der Waals surface area contributed by atoms with Crippen molar-refractivity contribution in [2.75, 3.05) is 5.75 Å². The molecule has 2 heteroatoms. The van der Waals surface area contributed by atoms with Crippen LogP contribution in [-0.4, -0.2) is 11.1 Å². The SMILES string of the molecule is ClC(CCCSc1ccccc1)C1CCCC1. The maximum atomic E-state index is 6.46. The Bertz CT molecular complexity index is 306. The molecule has 1 aromatic rings. The van der Waals surface area contributed by atoms with Gasteiger partial charge in [-0.25, -0.2) is 0 Å². The van der Waals surface area contributed by atoms with Crippen molar-refractivity contribution in [1.82, 2.24) is 0 Å². The van der Waals surface area contributed by atoms with E-state index in [0.717, 1.165) is 5.92 Å². The van der Waals surface area contributed by atoms with Crippen LogP contribution in [0.25, 0.3) is 0 Å². The van der Waals surface area contributed by atoms with E-state index in [1.165, 1.54) is 49.2 Å². The molecule has 17 heavy (non-hydrogen) atoms. The van der Waals surface area contributed by atoms with Crippen LogP contribution in [-0.2, 0) is 0 Å². The molecule has 0 heterocycles. The lowest BCUT2D eigenvalue weighted by molar-refractivity contribution is 0.490. The number of halogens is 1. The fraction of sp³-hybridized carbons (Fsp3) is 0.600. The molecule has 0 radical (unpaired) electrons. The Morgan fingerprint density at radius 3 is 2.59 bits per heavy atom. The first-order valence-corrected chi connectivity index (χ1v) is 8.10. The third-order valence-corrected chi connectivity index (χ3v) is 5.22. The van der Waals surface area contributed by atoms with Crippen molar-refractivity contribution in [3.8, 4) is 0 Å². The molecule has 1 atom stereocenters. The average molecular weight is 269 g/mol. The fourth-order valence-electron chi connectivity index (χ4n) is 2.54. The molecule has 1 unspecified atom stereocenters. The van der Waals surface area contributed by atoms with Crippen molar-refractivity contribution in [3.05, 3.63) is 30.3 Å². The first-order chi connectivity index (χ1) is 8.36. The lowest BCUT2D eigenvalue weighted by atomic mass is 10.0. The molecular weight excluding hydrogens is 248 g/mol. The van der Waals surface area contributed by atoms with Crippen molar-refractivity contribution in [2.24, 2.45) is 5.92 Å². The van der Waals surface area contributed by atoms with Gasteiger partial charge in [0, 0.05) is 10.3 Å². The third-order valence-electron chi connectivity index (χ3n) is 3.55. The smallest absolute Gasteiger partial charge is 0.0364 e. The van der Waals surface area contributed by atoms with Gasteiger partial charge in [-0.15, -0.1) is 23.4 Å². The van der Waals surface area contributed by atoms with Crippen LogP contribution in [0.3, 0.4) is 0 Å². The highest BCUT2D eigenvalue weighted by Crippen LogP contribution is 2.33. The van der Waals surface area contributed by atoms with Crippen LogP contribution in [0.5, 0.6) is 0 Å². The largest absolute Gasteiger partial charge is 0.126 e. The molecule has 1 aromatic carbocycles. The average Bonchev–Trinajstić information content (AvgIpc) is 2.89. The van der Waals surface area contributed by atoms with Crippen LogP contribution in [0.2, 0.25) is 0 Å². The summed E-state index contributed by atoms with van der Waals surface area (Å²) in [5.74, 6) is 2.00. The summed E-state index contributed by atoms with van der Waals surface area (Å²) >= 11 is 8.41. The molecule has 0 amide bonds. The van der Waals surface area contributed by atoms with Crippen molar-refractivity contribution < 1.29 is 0 Å². The topological polar surface area (TPSA) is 0 Å². The highest BCUT2D eigenvalue weighted by molar-refractivity contribution is 7.99. The number of alkyl halides is 1. The fourth-order valence-corrected chi connectivity index (χ4v) is 3.84. The van der Waals surface area contributed by atoms with Crippen molar-refractivity contribution >= 4 is 23.4 Å². The monoisotopic (exact) mass is 268 g/mol. The molecule has 1 aliphatic carbocycles. The third kappa shape index (κ3) is 4.56. The van der Waals surface area contributed by atoms with Gasteiger partial charge in [0.15, 0.2) is 0 Å². The van der Waals surface area contributed by atoms with Gasteiger partial charge in [0.25, 0.3) is 0 Å². The summed E-state index contributed by atoms with van der Waals surface area (Å²) in [5.41, 5.74) is 0. The zero-order valence-corrected chi connectivity index (χ0v) is 11.8. The summed E-state index contributed by atoms with van der Waals surface area (Å²) in [6, 6.07) is 10.6. The molecule has 94 valence electrons. The quantitative estimate of drug-likeness (QED) is 0.380. The summed E-state index contributed by atoms with van der Waals surface area (Å²) < 4.78 is 0. The maximum Gasteiger partial charge on any atom is 0.0364 e. The van der Waals surface area contributed by atoms with Crippen LogP contribution in [0.4, 0.5) is 0 Å². The molecule has 1 aliphatic rings. The van der Waals surface area contributed by atoms with E-state index >= 15 is 0 Å². The van der Waals surface area contributed by atoms with E-state index in [0.29, 0.717) is 5.38 Å². The molecule has 0 aliphatic heterocycles. The van der Waals surface area contributed by atoms with E-state index in [4.69, 9.17) is 11.6 Å². The normalized spacial score (nSPS) is 18.4. The highest BCUT2D eigenvalue weighted by Gasteiger charge is 2.22.